The Hall–Kier alpha value is -1.80. The molecule has 2 nitrogen and oxygen atoms in total. The average molecular weight is 311 g/mol. The van der Waals surface area contributed by atoms with Crippen molar-refractivity contribution in [3.8, 4) is 0 Å². The molecule has 0 fully saturated rings. The molecule has 0 amide bonds. The van der Waals surface area contributed by atoms with Gasteiger partial charge in [-0.1, -0.05) is 53.7 Å². The first-order chi connectivity index (χ1) is 10.7. The van der Waals surface area contributed by atoms with Gasteiger partial charge in [0.25, 0.3) is 0 Å². The van der Waals surface area contributed by atoms with Crippen molar-refractivity contribution < 1.29 is 5.11 Å². The molecule has 124 valence electrons. The number of hydrogen-bond donors (Lipinski definition) is 2. The molecule has 0 bridgehead atoms. The number of nitrogens with one attached hydrogen (secondary N) is 1. The second-order valence-electron chi connectivity index (χ2n) is 8.15. The Morgan fingerprint density at radius 1 is 0.652 bits per heavy atom. The van der Waals surface area contributed by atoms with Gasteiger partial charge in [-0.15, -0.1) is 0 Å². The first kappa shape index (κ1) is 17.6. The average Bonchev–Trinajstić information content (AvgIpc) is 2.84. The van der Waals surface area contributed by atoms with Gasteiger partial charge in [-0.3, -0.25) is 0 Å². The van der Waals surface area contributed by atoms with Crippen LogP contribution in [0, 0.1) is 0 Å². The highest BCUT2D eigenvalue weighted by Gasteiger charge is 2.17. The maximum Gasteiger partial charge on any atom is 0.0465 e. The monoisotopic (exact) mass is 311 g/mol. The van der Waals surface area contributed by atoms with E-state index in [2.05, 4.69) is 82.9 Å². The smallest absolute Gasteiger partial charge is 0.0465 e. The lowest BCUT2D eigenvalue weighted by atomic mass is 9.85. The molecule has 0 unspecified atom stereocenters. The number of fused-ring (bicyclic) bond motifs is 3. The Kier molecular flexibility index (Phi) is 4.59. The first-order valence-corrected chi connectivity index (χ1v) is 8.17. The van der Waals surface area contributed by atoms with Crippen LogP contribution in [0.3, 0.4) is 0 Å². The summed E-state index contributed by atoms with van der Waals surface area (Å²) in [4.78, 5) is 3.54. The van der Waals surface area contributed by atoms with Crippen LogP contribution in [0.15, 0.2) is 36.4 Å². The van der Waals surface area contributed by atoms with Crippen molar-refractivity contribution in [2.45, 2.75) is 52.4 Å². The summed E-state index contributed by atoms with van der Waals surface area (Å²) in [7, 11) is 1.00. The van der Waals surface area contributed by atoms with Gasteiger partial charge in [-0.05, 0) is 46.2 Å². The highest BCUT2D eigenvalue weighted by molar-refractivity contribution is 6.07. The molecule has 0 aliphatic rings. The molecule has 0 radical (unpaired) electrons. The fourth-order valence-corrected chi connectivity index (χ4v) is 2.83. The molecular formula is C21H29NO. The van der Waals surface area contributed by atoms with Crippen LogP contribution in [0.2, 0.25) is 0 Å². The molecule has 2 aromatic carbocycles. The molecule has 2 heteroatoms. The van der Waals surface area contributed by atoms with Gasteiger partial charge in [0.2, 0.25) is 0 Å². The number of benzene rings is 2. The molecule has 0 aliphatic heterocycles. The summed E-state index contributed by atoms with van der Waals surface area (Å²) in [6, 6.07) is 13.6. The predicted molar refractivity (Wildman–Crippen MR) is 101 cm³/mol. The van der Waals surface area contributed by atoms with Crippen molar-refractivity contribution in [2.75, 3.05) is 7.11 Å². The number of hydrogen-bond acceptors (Lipinski definition) is 1. The zero-order valence-corrected chi connectivity index (χ0v) is 15.4. The summed E-state index contributed by atoms with van der Waals surface area (Å²) in [6.07, 6.45) is 0. The van der Waals surface area contributed by atoms with E-state index in [4.69, 9.17) is 5.11 Å². The molecule has 3 rings (SSSR count). The predicted octanol–water partition coefficient (Wildman–Crippen LogP) is 5.52. The first-order valence-electron chi connectivity index (χ1n) is 8.17. The molecule has 1 aromatic heterocycles. The standard InChI is InChI=1S/C20H25N.CH4O/c1-19(2,3)13-7-9-17-15(11-13)16-12-14(20(4,5)6)8-10-18(16)21-17;1-2/h7-12,21H,1-6H3;2H,1H3. The van der Waals surface area contributed by atoms with Crippen LogP contribution in [-0.4, -0.2) is 17.2 Å². The summed E-state index contributed by atoms with van der Waals surface area (Å²) in [5.74, 6) is 0. The number of aromatic nitrogens is 1. The third-order valence-electron chi connectivity index (χ3n) is 4.33. The van der Waals surface area contributed by atoms with Gasteiger partial charge in [0.1, 0.15) is 0 Å². The molecule has 2 N–H and O–H groups in total. The minimum atomic E-state index is 0.180. The molecule has 0 saturated carbocycles. The molecule has 0 saturated heterocycles. The van der Waals surface area contributed by atoms with Gasteiger partial charge >= 0.3 is 0 Å². The maximum atomic E-state index is 7.00. The molecule has 3 aromatic rings. The van der Waals surface area contributed by atoms with E-state index in [0.29, 0.717) is 0 Å². The molecule has 23 heavy (non-hydrogen) atoms. The van der Waals surface area contributed by atoms with Crippen LogP contribution < -0.4 is 0 Å². The second-order valence-corrected chi connectivity index (χ2v) is 8.15. The van der Waals surface area contributed by atoms with Crippen LogP contribution >= 0.6 is 0 Å². The highest BCUT2D eigenvalue weighted by Crippen LogP contribution is 2.33. The number of aromatic amines is 1. The van der Waals surface area contributed by atoms with Crippen molar-refractivity contribution in [1.82, 2.24) is 4.98 Å². The van der Waals surface area contributed by atoms with Gasteiger partial charge in [0.05, 0.1) is 0 Å². The Morgan fingerprint density at radius 3 is 1.30 bits per heavy atom. The van der Waals surface area contributed by atoms with Gasteiger partial charge in [-0.2, -0.15) is 0 Å². The zero-order valence-electron chi connectivity index (χ0n) is 15.4. The number of H-pyrrole nitrogens is 1. The lowest BCUT2D eigenvalue weighted by Gasteiger charge is -2.19. The lowest BCUT2D eigenvalue weighted by molar-refractivity contribution is 0.399. The molecular weight excluding hydrogens is 282 g/mol. The Morgan fingerprint density at radius 2 is 1.00 bits per heavy atom. The van der Waals surface area contributed by atoms with Crippen molar-refractivity contribution in [2.24, 2.45) is 0 Å². The van der Waals surface area contributed by atoms with E-state index < -0.39 is 0 Å². The summed E-state index contributed by atoms with van der Waals surface area (Å²) >= 11 is 0. The van der Waals surface area contributed by atoms with Gasteiger partial charge in [0, 0.05) is 28.9 Å². The fraction of sp³-hybridized carbons (Fsp3) is 0.429. The largest absolute Gasteiger partial charge is 0.400 e. The van der Waals surface area contributed by atoms with E-state index in [1.54, 1.807) is 0 Å². The second kappa shape index (κ2) is 6.01. The molecule has 0 spiro atoms. The van der Waals surface area contributed by atoms with Crippen LogP contribution in [0.25, 0.3) is 21.8 Å². The summed E-state index contributed by atoms with van der Waals surface area (Å²) in [5.41, 5.74) is 5.58. The quantitative estimate of drug-likeness (QED) is 0.563. The van der Waals surface area contributed by atoms with Crippen molar-refractivity contribution >= 4 is 21.8 Å². The fourth-order valence-electron chi connectivity index (χ4n) is 2.83. The van der Waals surface area contributed by atoms with E-state index in [9.17, 15) is 0 Å². The minimum Gasteiger partial charge on any atom is -0.400 e. The Balaban J connectivity index is 0.000000924. The van der Waals surface area contributed by atoms with Crippen molar-refractivity contribution in [3.05, 3.63) is 47.5 Å². The number of rotatable bonds is 0. The maximum absolute atomic E-state index is 7.00. The SMILES string of the molecule is CC(C)(C)c1ccc2[nH]c3ccc(C(C)(C)C)cc3c2c1.CO. The van der Waals surface area contributed by atoms with Crippen molar-refractivity contribution in [3.63, 3.8) is 0 Å². The number of aliphatic hydroxyl groups is 1. The van der Waals surface area contributed by atoms with E-state index in [0.717, 1.165) is 7.11 Å². The summed E-state index contributed by atoms with van der Waals surface area (Å²) in [6.45, 7) is 13.6. The highest BCUT2D eigenvalue weighted by atomic mass is 16.2. The van der Waals surface area contributed by atoms with E-state index in [1.807, 2.05) is 0 Å². The topological polar surface area (TPSA) is 36.0 Å². The zero-order chi connectivity index (χ0) is 17.4. The van der Waals surface area contributed by atoms with Gasteiger partial charge < -0.3 is 10.1 Å². The third-order valence-corrected chi connectivity index (χ3v) is 4.33. The van der Waals surface area contributed by atoms with Crippen LogP contribution in [0.5, 0.6) is 0 Å². The molecule has 1 heterocycles. The lowest BCUT2D eigenvalue weighted by Crippen LogP contribution is -2.10. The van der Waals surface area contributed by atoms with Crippen LogP contribution in [0.4, 0.5) is 0 Å². The van der Waals surface area contributed by atoms with Crippen LogP contribution in [-0.2, 0) is 10.8 Å². The molecule has 0 aliphatic carbocycles. The van der Waals surface area contributed by atoms with E-state index in [1.165, 1.54) is 32.9 Å². The Bertz CT molecular complexity index is 745. The van der Waals surface area contributed by atoms with Gasteiger partial charge in [-0.25, -0.2) is 0 Å². The minimum absolute atomic E-state index is 0.180. The number of aliphatic hydroxyl groups excluding tert-OH is 1. The normalized spacial score (nSPS) is 12.3. The summed E-state index contributed by atoms with van der Waals surface area (Å²) in [5, 5.41) is 9.67. The third kappa shape index (κ3) is 3.42. The van der Waals surface area contributed by atoms with Crippen LogP contribution in [0.1, 0.15) is 52.7 Å². The van der Waals surface area contributed by atoms with Gasteiger partial charge in [0.15, 0.2) is 0 Å². The molecule has 0 atom stereocenters. The Labute approximate surface area is 139 Å². The summed E-state index contributed by atoms with van der Waals surface area (Å²) < 4.78 is 0. The van der Waals surface area contributed by atoms with Crippen molar-refractivity contribution in [1.29, 1.82) is 0 Å². The van der Waals surface area contributed by atoms with E-state index >= 15 is 0 Å². The van der Waals surface area contributed by atoms with E-state index in [-0.39, 0.29) is 10.8 Å².